The number of nitrogens with one attached hydrogen (secondary N) is 1. The Kier molecular flexibility index (Phi) is 4.04. The fraction of sp³-hybridized carbons (Fsp3) is 0.625. The van der Waals surface area contributed by atoms with Crippen LogP contribution in [0.1, 0.15) is 37.7 Å². The van der Waals surface area contributed by atoms with Gasteiger partial charge in [0.2, 0.25) is 0 Å². The Morgan fingerprint density at radius 3 is 2.37 bits per heavy atom. The second kappa shape index (κ2) is 5.93. The lowest BCUT2D eigenvalue weighted by Gasteiger charge is -2.32. The van der Waals surface area contributed by atoms with E-state index in [1.165, 1.54) is 43.6 Å². The number of aliphatic hydroxyl groups is 1. The number of hydrogen-bond donors (Lipinski definition) is 2. The molecule has 3 rings (SSSR count). The molecule has 2 fully saturated rings. The number of piperidine rings is 1. The first-order chi connectivity index (χ1) is 9.31. The van der Waals surface area contributed by atoms with Gasteiger partial charge in [-0.3, -0.25) is 0 Å². The van der Waals surface area contributed by atoms with Crippen molar-refractivity contribution in [3.8, 4) is 0 Å². The predicted molar refractivity (Wildman–Crippen MR) is 78.4 cm³/mol. The molecule has 0 bridgehead atoms. The van der Waals surface area contributed by atoms with E-state index < -0.39 is 0 Å². The third-order valence-electron chi connectivity index (χ3n) is 4.37. The molecule has 2 aliphatic rings. The van der Waals surface area contributed by atoms with Gasteiger partial charge >= 0.3 is 0 Å². The normalized spacial score (nSPS) is 27.1. The smallest absolute Gasteiger partial charge is 0.0570 e. The molecule has 1 saturated heterocycles. The van der Waals surface area contributed by atoms with E-state index in [-0.39, 0.29) is 6.10 Å². The SMILES string of the molecule is OC1CC(NCc2ccc(N3CCCCC3)cc2)C1. The van der Waals surface area contributed by atoms with E-state index in [1.54, 1.807) is 0 Å². The monoisotopic (exact) mass is 260 g/mol. The van der Waals surface area contributed by atoms with Crippen LogP contribution in [0.15, 0.2) is 24.3 Å². The van der Waals surface area contributed by atoms with Gasteiger partial charge < -0.3 is 15.3 Å². The van der Waals surface area contributed by atoms with E-state index in [4.69, 9.17) is 0 Å². The summed E-state index contributed by atoms with van der Waals surface area (Å²) in [4.78, 5) is 2.49. The van der Waals surface area contributed by atoms with Gasteiger partial charge in [-0.25, -0.2) is 0 Å². The van der Waals surface area contributed by atoms with Crippen molar-refractivity contribution in [1.29, 1.82) is 0 Å². The standard InChI is InChI=1S/C16H24N2O/c19-16-10-14(11-16)17-12-13-4-6-15(7-5-13)18-8-2-1-3-9-18/h4-7,14,16-17,19H,1-3,8-12H2. The fourth-order valence-electron chi connectivity index (χ4n) is 2.99. The maximum Gasteiger partial charge on any atom is 0.0570 e. The molecule has 1 saturated carbocycles. The highest BCUT2D eigenvalue weighted by atomic mass is 16.3. The lowest BCUT2D eigenvalue weighted by molar-refractivity contribution is 0.0619. The molecule has 0 radical (unpaired) electrons. The number of anilines is 1. The second-order valence-corrected chi connectivity index (χ2v) is 5.92. The quantitative estimate of drug-likeness (QED) is 0.872. The van der Waals surface area contributed by atoms with Gasteiger partial charge in [-0.15, -0.1) is 0 Å². The molecule has 3 heteroatoms. The van der Waals surface area contributed by atoms with Gasteiger partial charge in [-0.2, -0.15) is 0 Å². The van der Waals surface area contributed by atoms with E-state index in [0.29, 0.717) is 6.04 Å². The summed E-state index contributed by atoms with van der Waals surface area (Å²) in [6.45, 7) is 3.33. The van der Waals surface area contributed by atoms with Gasteiger partial charge in [0.15, 0.2) is 0 Å². The van der Waals surface area contributed by atoms with Crippen molar-refractivity contribution in [3.05, 3.63) is 29.8 Å². The maximum atomic E-state index is 9.25. The van der Waals surface area contributed by atoms with Crippen LogP contribution in [0.25, 0.3) is 0 Å². The Hall–Kier alpha value is -1.06. The van der Waals surface area contributed by atoms with E-state index in [1.807, 2.05) is 0 Å². The minimum absolute atomic E-state index is 0.0704. The van der Waals surface area contributed by atoms with Crippen molar-refractivity contribution in [3.63, 3.8) is 0 Å². The van der Waals surface area contributed by atoms with Gasteiger partial charge in [0, 0.05) is 31.4 Å². The largest absolute Gasteiger partial charge is 0.393 e. The molecule has 2 N–H and O–H groups in total. The lowest BCUT2D eigenvalue weighted by atomic mass is 9.89. The van der Waals surface area contributed by atoms with Crippen LogP contribution >= 0.6 is 0 Å². The zero-order valence-corrected chi connectivity index (χ0v) is 11.5. The van der Waals surface area contributed by atoms with Gasteiger partial charge in [0.25, 0.3) is 0 Å². The summed E-state index contributed by atoms with van der Waals surface area (Å²) in [5, 5.41) is 12.7. The van der Waals surface area contributed by atoms with Crippen LogP contribution in [0, 0.1) is 0 Å². The first-order valence-corrected chi connectivity index (χ1v) is 7.56. The third-order valence-corrected chi connectivity index (χ3v) is 4.37. The molecule has 0 spiro atoms. The number of benzene rings is 1. The van der Waals surface area contributed by atoms with E-state index in [9.17, 15) is 5.11 Å². The summed E-state index contributed by atoms with van der Waals surface area (Å²) >= 11 is 0. The highest BCUT2D eigenvalue weighted by molar-refractivity contribution is 5.47. The maximum absolute atomic E-state index is 9.25. The van der Waals surface area contributed by atoms with Gasteiger partial charge in [-0.1, -0.05) is 12.1 Å². The van der Waals surface area contributed by atoms with Gasteiger partial charge in [-0.05, 0) is 49.8 Å². The summed E-state index contributed by atoms with van der Waals surface area (Å²) in [5.41, 5.74) is 2.70. The zero-order valence-electron chi connectivity index (χ0n) is 11.5. The Bertz CT molecular complexity index is 392. The number of nitrogens with zero attached hydrogens (tertiary/aromatic N) is 1. The van der Waals surface area contributed by atoms with Crippen molar-refractivity contribution >= 4 is 5.69 Å². The average Bonchev–Trinajstić information content (AvgIpc) is 2.44. The first kappa shape index (κ1) is 12.9. The highest BCUT2D eigenvalue weighted by Gasteiger charge is 2.26. The minimum atomic E-state index is -0.0704. The number of aliphatic hydroxyl groups excluding tert-OH is 1. The summed E-state index contributed by atoms with van der Waals surface area (Å²) in [5.74, 6) is 0. The van der Waals surface area contributed by atoms with Gasteiger partial charge in [0.1, 0.15) is 0 Å². The van der Waals surface area contributed by atoms with Crippen molar-refractivity contribution in [2.75, 3.05) is 18.0 Å². The molecular weight excluding hydrogens is 236 g/mol. The molecule has 0 aromatic heterocycles. The Morgan fingerprint density at radius 2 is 1.74 bits per heavy atom. The molecule has 104 valence electrons. The molecule has 1 aliphatic carbocycles. The second-order valence-electron chi connectivity index (χ2n) is 5.92. The number of hydrogen-bond acceptors (Lipinski definition) is 3. The van der Waals surface area contributed by atoms with Crippen LogP contribution in [-0.4, -0.2) is 30.3 Å². The Balaban J connectivity index is 1.50. The van der Waals surface area contributed by atoms with Crippen LogP contribution < -0.4 is 10.2 Å². The molecular formula is C16H24N2O. The molecule has 3 nitrogen and oxygen atoms in total. The van der Waals surface area contributed by atoms with E-state index in [2.05, 4.69) is 34.5 Å². The molecule has 1 aliphatic heterocycles. The summed E-state index contributed by atoms with van der Waals surface area (Å²) in [6, 6.07) is 9.46. The van der Waals surface area contributed by atoms with E-state index in [0.717, 1.165) is 19.4 Å². The van der Waals surface area contributed by atoms with Gasteiger partial charge in [0.05, 0.1) is 6.10 Å². The topological polar surface area (TPSA) is 35.5 Å². The predicted octanol–water partition coefficient (Wildman–Crippen LogP) is 2.29. The summed E-state index contributed by atoms with van der Waals surface area (Å²) < 4.78 is 0. The molecule has 0 unspecified atom stereocenters. The van der Waals surface area contributed by atoms with Crippen LogP contribution in [0.5, 0.6) is 0 Å². The Labute approximate surface area is 115 Å². The molecule has 1 heterocycles. The highest BCUT2D eigenvalue weighted by Crippen LogP contribution is 2.22. The van der Waals surface area contributed by atoms with Crippen LogP contribution in [0.3, 0.4) is 0 Å². The average molecular weight is 260 g/mol. The van der Waals surface area contributed by atoms with Crippen LogP contribution in [0.4, 0.5) is 5.69 Å². The molecule has 1 aromatic carbocycles. The molecule has 1 aromatic rings. The third kappa shape index (κ3) is 3.28. The summed E-state index contributed by atoms with van der Waals surface area (Å²) in [6.07, 6.45) is 5.78. The van der Waals surface area contributed by atoms with Crippen molar-refractivity contribution in [2.24, 2.45) is 0 Å². The molecule has 0 amide bonds. The van der Waals surface area contributed by atoms with Crippen molar-refractivity contribution < 1.29 is 5.11 Å². The zero-order chi connectivity index (χ0) is 13.1. The number of rotatable bonds is 4. The minimum Gasteiger partial charge on any atom is -0.393 e. The van der Waals surface area contributed by atoms with Crippen molar-refractivity contribution in [1.82, 2.24) is 5.32 Å². The molecule has 0 atom stereocenters. The fourth-order valence-corrected chi connectivity index (χ4v) is 2.99. The first-order valence-electron chi connectivity index (χ1n) is 7.56. The van der Waals surface area contributed by atoms with Crippen LogP contribution in [-0.2, 0) is 6.54 Å². The molecule has 19 heavy (non-hydrogen) atoms. The lowest BCUT2D eigenvalue weighted by Crippen LogP contribution is -2.43. The van der Waals surface area contributed by atoms with Crippen molar-refractivity contribution in [2.45, 2.75) is 50.8 Å². The summed E-state index contributed by atoms with van der Waals surface area (Å²) in [7, 11) is 0. The van der Waals surface area contributed by atoms with Crippen LogP contribution in [0.2, 0.25) is 0 Å². The Morgan fingerprint density at radius 1 is 1.05 bits per heavy atom. The van der Waals surface area contributed by atoms with E-state index >= 15 is 0 Å².